The van der Waals surface area contributed by atoms with Crippen LogP contribution in [0.1, 0.15) is 126 Å². The molecular formula is C49H62IrNO3-. The van der Waals surface area contributed by atoms with Crippen molar-refractivity contribution in [2.24, 2.45) is 21.7 Å². The van der Waals surface area contributed by atoms with Crippen molar-refractivity contribution in [1.29, 1.82) is 0 Å². The molecule has 5 heteroatoms. The molecule has 1 radical (unpaired) electrons. The zero-order valence-corrected chi connectivity index (χ0v) is 37.2. The number of hydrogen-bond acceptors (Lipinski definition) is 4. The Bertz CT molecular complexity index is 2160. The smallest absolute Gasteiger partial charge is 0.164 e. The van der Waals surface area contributed by atoms with Gasteiger partial charge in [-0.05, 0) is 89.6 Å². The van der Waals surface area contributed by atoms with Crippen LogP contribution in [0.5, 0.6) is 11.5 Å². The quantitative estimate of drug-likeness (QED) is 0.0644. The molecule has 1 N–H and O–H groups in total. The summed E-state index contributed by atoms with van der Waals surface area (Å²) in [5.41, 5.74) is 4.39. The third kappa shape index (κ3) is 8.95. The second-order valence-electron chi connectivity index (χ2n) is 18.2. The number of benzene rings is 4. The van der Waals surface area contributed by atoms with Gasteiger partial charge in [0.25, 0.3) is 0 Å². The van der Waals surface area contributed by atoms with Crippen LogP contribution in [0.4, 0.5) is 0 Å². The van der Waals surface area contributed by atoms with E-state index in [4.69, 9.17) is 9.72 Å². The Morgan fingerprint density at radius 1 is 0.778 bits per heavy atom. The van der Waals surface area contributed by atoms with Crippen molar-refractivity contribution >= 4 is 38.1 Å². The van der Waals surface area contributed by atoms with Crippen LogP contribution in [0.2, 0.25) is 0 Å². The average molecular weight is 905 g/mol. The molecule has 54 heavy (non-hydrogen) atoms. The van der Waals surface area contributed by atoms with Crippen molar-refractivity contribution in [3.8, 4) is 22.8 Å². The zero-order chi connectivity index (χ0) is 38.9. The van der Waals surface area contributed by atoms with E-state index in [0.29, 0.717) is 5.41 Å². The fourth-order valence-electron chi connectivity index (χ4n) is 7.25. The first kappa shape index (κ1) is 43.2. The van der Waals surface area contributed by atoms with Gasteiger partial charge in [0, 0.05) is 54.3 Å². The minimum atomic E-state index is -0.337. The maximum atomic E-state index is 12.2. The van der Waals surface area contributed by atoms with Crippen LogP contribution in [-0.2, 0) is 37.7 Å². The van der Waals surface area contributed by atoms with Gasteiger partial charge in [-0.15, -0.1) is 17.5 Å². The predicted molar refractivity (Wildman–Crippen MR) is 225 cm³/mol. The van der Waals surface area contributed by atoms with Gasteiger partial charge < -0.3 is 9.84 Å². The molecule has 0 amide bonds. The summed E-state index contributed by atoms with van der Waals surface area (Å²) >= 11 is 0. The summed E-state index contributed by atoms with van der Waals surface area (Å²) in [5, 5.41) is 17.3. The van der Waals surface area contributed by atoms with E-state index < -0.39 is 0 Å². The van der Waals surface area contributed by atoms with Crippen LogP contribution < -0.4 is 4.74 Å². The van der Waals surface area contributed by atoms with Crippen LogP contribution in [0.15, 0.2) is 72.6 Å². The number of hydrogen-bond donors (Lipinski definition) is 1. The molecule has 4 nitrogen and oxygen atoms in total. The first-order valence-corrected chi connectivity index (χ1v) is 19.8. The largest absolute Gasteiger partial charge is 0.512 e. The topological polar surface area (TPSA) is 59.4 Å². The summed E-state index contributed by atoms with van der Waals surface area (Å²) < 4.78 is 6.87. The molecule has 4 aromatic carbocycles. The molecule has 0 spiro atoms. The molecule has 0 fully saturated rings. The third-order valence-corrected chi connectivity index (χ3v) is 11.9. The van der Waals surface area contributed by atoms with Gasteiger partial charge in [0.2, 0.25) is 0 Å². The minimum Gasteiger partial charge on any atom is -0.512 e. The second-order valence-corrected chi connectivity index (χ2v) is 18.2. The number of nitrogens with zero attached hydrogens (tertiary/aromatic N) is 1. The monoisotopic (exact) mass is 905 g/mol. The molecule has 2 heterocycles. The molecule has 0 aliphatic carbocycles. The van der Waals surface area contributed by atoms with E-state index in [9.17, 15) is 9.90 Å². The summed E-state index contributed by atoms with van der Waals surface area (Å²) in [5.74, 6) is 2.12. The molecule has 5 aromatic rings. The van der Waals surface area contributed by atoms with Gasteiger partial charge in [0.05, 0.1) is 5.75 Å². The Balaban J connectivity index is 0.000000309. The fourth-order valence-corrected chi connectivity index (χ4v) is 7.25. The molecule has 1 aliphatic heterocycles. The Morgan fingerprint density at radius 3 is 2.02 bits per heavy atom. The predicted octanol–water partition coefficient (Wildman–Crippen LogP) is 14.3. The number of allylic oxidation sites excluding steroid dienone is 2. The van der Waals surface area contributed by atoms with Crippen LogP contribution in [0.25, 0.3) is 43.6 Å². The zero-order valence-electron chi connectivity index (χ0n) is 34.8. The maximum Gasteiger partial charge on any atom is 0.164 e. The molecule has 0 atom stereocenters. The summed E-state index contributed by atoms with van der Waals surface area (Å²) in [6.07, 6.45) is 9.81. The van der Waals surface area contributed by atoms with E-state index in [-0.39, 0.29) is 47.9 Å². The Kier molecular flexibility index (Phi) is 13.3. The number of carbonyl (C=O) groups is 1. The molecule has 0 saturated heterocycles. The number of ketones is 1. The van der Waals surface area contributed by atoms with E-state index in [0.717, 1.165) is 78.5 Å². The molecule has 6 rings (SSSR count). The number of pyridine rings is 1. The first-order chi connectivity index (χ1) is 24.9. The van der Waals surface area contributed by atoms with Gasteiger partial charge in [0.15, 0.2) is 5.78 Å². The van der Waals surface area contributed by atoms with Gasteiger partial charge in [-0.1, -0.05) is 136 Å². The number of aliphatic hydroxyl groups excluding tert-OH is 1. The van der Waals surface area contributed by atoms with E-state index in [1.165, 1.54) is 38.7 Å². The number of aryl methyl sites for hydroxylation is 1. The van der Waals surface area contributed by atoms with Gasteiger partial charge in [-0.25, -0.2) is 0 Å². The molecule has 0 bridgehead atoms. The first-order valence-electron chi connectivity index (χ1n) is 19.8. The van der Waals surface area contributed by atoms with Crippen molar-refractivity contribution in [2.45, 2.75) is 128 Å². The van der Waals surface area contributed by atoms with Crippen molar-refractivity contribution in [2.75, 3.05) is 0 Å². The fraction of sp³-hybridized carbons (Fsp3) is 0.469. The SMILES string of the molecule is CC(C)(C)CCc1cccc2c1cc1c3c(nccc32)-c2[c-]c3ccccc3c(CC(C)(C)C)c2O1.CCC(C)(CC)C(=O)/C=C(\O)C(C)(CC)CC.[Ir]. The number of aromatic nitrogens is 1. The van der Waals surface area contributed by atoms with E-state index in [1.807, 2.05) is 47.7 Å². The number of carbonyl (C=O) groups excluding carboxylic acids is 1. The van der Waals surface area contributed by atoms with Crippen LogP contribution in [0.3, 0.4) is 0 Å². The maximum absolute atomic E-state index is 12.2. The van der Waals surface area contributed by atoms with E-state index in [1.54, 1.807) is 0 Å². The summed E-state index contributed by atoms with van der Waals surface area (Å²) in [6, 6.07) is 23.4. The van der Waals surface area contributed by atoms with Crippen LogP contribution in [0, 0.1) is 27.7 Å². The van der Waals surface area contributed by atoms with Gasteiger partial charge in [0.1, 0.15) is 11.5 Å². The number of fused-ring (bicyclic) bond motifs is 5. The van der Waals surface area contributed by atoms with Crippen LogP contribution in [-0.4, -0.2) is 15.9 Å². The van der Waals surface area contributed by atoms with E-state index in [2.05, 4.69) is 102 Å². The van der Waals surface area contributed by atoms with Crippen LogP contribution >= 0.6 is 0 Å². The number of ether oxygens (including phenoxy) is 1. The molecule has 0 saturated carbocycles. The normalized spacial score (nSPS) is 13.2. The number of rotatable bonds is 10. The molecule has 1 aliphatic rings. The summed E-state index contributed by atoms with van der Waals surface area (Å²) in [6.45, 7) is 25.9. The summed E-state index contributed by atoms with van der Waals surface area (Å²) in [7, 11) is 0. The number of aliphatic hydroxyl groups is 1. The molecule has 1 aromatic heterocycles. The average Bonchev–Trinajstić information content (AvgIpc) is 3.13. The van der Waals surface area contributed by atoms with Gasteiger partial charge in [-0.3, -0.25) is 9.78 Å². The van der Waals surface area contributed by atoms with Crippen molar-refractivity contribution in [1.82, 2.24) is 4.98 Å². The van der Waals surface area contributed by atoms with Crippen molar-refractivity contribution < 1.29 is 34.7 Å². The standard InChI is InChI=1S/C34H34NO.C15H28O2.Ir/c1-33(2,3)16-14-21-11-9-13-24-25-15-17-35-31-27-18-22-10-7-8-12-23(22)28(20-34(4,5)6)32(27)36-29(30(25)31)19-26(21)24;1-7-14(5,8-2)12(16)11-13(17)15(6,9-3)10-4;/h7-13,15,17,19H,14,16,20H2,1-6H3;11,16H,7-10H2,1-6H3;/q-1;;/b;12-11-;. The van der Waals surface area contributed by atoms with Crippen molar-refractivity contribution in [3.05, 3.63) is 89.8 Å². The summed E-state index contributed by atoms with van der Waals surface area (Å²) in [4.78, 5) is 17.1. The Hall–Kier alpha value is -3.53. The molecule has 0 unspecified atom stereocenters. The van der Waals surface area contributed by atoms with Crippen molar-refractivity contribution in [3.63, 3.8) is 0 Å². The minimum absolute atomic E-state index is 0. The van der Waals surface area contributed by atoms with Gasteiger partial charge >= 0.3 is 0 Å². The Morgan fingerprint density at radius 2 is 1.41 bits per heavy atom. The second kappa shape index (κ2) is 16.7. The third-order valence-electron chi connectivity index (χ3n) is 11.9. The molecular weight excluding hydrogens is 843 g/mol. The van der Waals surface area contributed by atoms with Gasteiger partial charge in [-0.2, -0.15) is 0 Å². The Labute approximate surface area is 338 Å². The van der Waals surface area contributed by atoms with E-state index >= 15 is 0 Å². The molecule has 291 valence electrons.